The third-order valence-electron chi connectivity index (χ3n) is 9.89. The standard InChI is InChI=1S/C47H26N4/c48-27-30-21-24-44-42(25-30)36-14-8-9-20-43(36)51(44)47-33(28-49)13-10-19-41(47)35-23-22-32(26-34(35)29-50)46-39-17-6-4-15-37(39)45(31-11-2-1-3-12-31)38-16-5-7-18-40(38)46/h1-26H. The van der Waals surface area contributed by atoms with Gasteiger partial charge in [-0.1, -0.05) is 121 Å². The fourth-order valence-corrected chi connectivity index (χ4v) is 7.76. The lowest BCUT2D eigenvalue weighted by molar-refractivity contribution is 1.17. The molecular formula is C47H26N4. The van der Waals surface area contributed by atoms with Crippen molar-refractivity contribution >= 4 is 43.4 Å². The summed E-state index contributed by atoms with van der Waals surface area (Å²) in [4.78, 5) is 0. The molecule has 234 valence electrons. The zero-order valence-corrected chi connectivity index (χ0v) is 27.3. The van der Waals surface area contributed by atoms with E-state index in [0.29, 0.717) is 22.4 Å². The van der Waals surface area contributed by atoms with Gasteiger partial charge in [-0.3, -0.25) is 0 Å². The Balaban J connectivity index is 1.31. The quantitative estimate of drug-likeness (QED) is 0.179. The Bertz CT molecular complexity index is 2940. The van der Waals surface area contributed by atoms with Gasteiger partial charge in [-0.05, 0) is 80.2 Å². The predicted octanol–water partition coefficient (Wildman–Crippen LogP) is 11.7. The maximum atomic E-state index is 10.8. The lowest BCUT2D eigenvalue weighted by atomic mass is 9.85. The van der Waals surface area contributed by atoms with Crippen molar-refractivity contribution in [1.29, 1.82) is 15.8 Å². The summed E-state index contributed by atoms with van der Waals surface area (Å²) in [7, 11) is 0. The van der Waals surface area contributed by atoms with E-state index in [4.69, 9.17) is 0 Å². The van der Waals surface area contributed by atoms with Crippen molar-refractivity contribution in [2.45, 2.75) is 0 Å². The number of nitrogens with zero attached hydrogens (tertiary/aromatic N) is 4. The molecule has 0 saturated carbocycles. The van der Waals surface area contributed by atoms with Crippen LogP contribution >= 0.6 is 0 Å². The second-order valence-corrected chi connectivity index (χ2v) is 12.6. The normalized spacial score (nSPS) is 11.1. The monoisotopic (exact) mass is 646 g/mol. The van der Waals surface area contributed by atoms with E-state index in [1.54, 1.807) is 6.07 Å². The Hall–Kier alpha value is -7.45. The summed E-state index contributed by atoms with van der Waals surface area (Å²) in [6.45, 7) is 0. The van der Waals surface area contributed by atoms with Crippen molar-refractivity contribution in [2.75, 3.05) is 0 Å². The first-order valence-corrected chi connectivity index (χ1v) is 16.7. The van der Waals surface area contributed by atoms with E-state index in [-0.39, 0.29) is 0 Å². The molecule has 0 fully saturated rings. The minimum absolute atomic E-state index is 0.487. The molecule has 0 bridgehead atoms. The van der Waals surface area contributed by atoms with E-state index >= 15 is 0 Å². The van der Waals surface area contributed by atoms with Crippen LogP contribution in [0, 0.1) is 34.0 Å². The van der Waals surface area contributed by atoms with Crippen LogP contribution < -0.4 is 0 Å². The second kappa shape index (κ2) is 11.9. The van der Waals surface area contributed by atoms with Crippen LogP contribution in [0.4, 0.5) is 0 Å². The van der Waals surface area contributed by atoms with Crippen LogP contribution in [0.1, 0.15) is 16.7 Å². The first-order chi connectivity index (χ1) is 25.2. The maximum Gasteiger partial charge on any atom is 0.101 e. The van der Waals surface area contributed by atoms with Gasteiger partial charge in [0, 0.05) is 21.9 Å². The maximum absolute atomic E-state index is 10.8. The third kappa shape index (κ3) is 4.58. The van der Waals surface area contributed by atoms with Gasteiger partial charge in [-0.15, -0.1) is 0 Å². The Morgan fingerprint density at radius 3 is 1.61 bits per heavy atom. The lowest BCUT2D eigenvalue weighted by Crippen LogP contribution is -2.02. The average molecular weight is 647 g/mol. The smallest absolute Gasteiger partial charge is 0.101 e. The summed E-state index contributed by atoms with van der Waals surface area (Å²) in [5.41, 5.74) is 9.94. The molecule has 0 radical (unpaired) electrons. The Kier molecular flexibility index (Phi) is 6.93. The third-order valence-corrected chi connectivity index (χ3v) is 9.89. The van der Waals surface area contributed by atoms with E-state index < -0.39 is 0 Å². The Morgan fingerprint density at radius 2 is 0.961 bits per heavy atom. The summed E-state index contributed by atoms with van der Waals surface area (Å²) < 4.78 is 2.10. The van der Waals surface area contributed by atoms with Gasteiger partial charge in [-0.2, -0.15) is 15.8 Å². The van der Waals surface area contributed by atoms with Gasteiger partial charge in [-0.25, -0.2) is 0 Å². The molecule has 0 atom stereocenters. The highest BCUT2D eigenvalue weighted by molar-refractivity contribution is 6.21. The second-order valence-electron chi connectivity index (χ2n) is 12.6. The van der Waals surface area contributed by atoms with Crippen molar-refractivity contribution in [3.05, 3.63) is 174 Å². The molecule has 0 spiro atoms. The summed E-state index contributed by atoms with van der Waals surface area (Å²) in [6.07, 6.45) is 0. The molecule has 9 aromatic rings. The first kappa shape index (κ1) is 29.7. The van der Waals surface area contributed by atoms with E-state index in [1.807, 2.05) is 72.8 Å². The highest BCUT2D eigenvalue weighted by Crippen LogP contribution is 2.45. The van der Waals surface area contributed by atoms with Gasteiger partial charge < -0.3 is 4.57 Å². The van der Waals surface area contributed by atoms with Crippen LogP contribution in [0.25, 0.3) is 82.4 Å². The van der Waals surface area contributed by atoms with E-state index in [1.165, 1.54) is 5.56 Å². The SMILES string of the molecule is N#Cc1ccc2c(c1)c1ccccc1n2-c1c(C#N)cccc1-c1ccc(-c2c3ccccc3c(-c3ccccc3)c3ccccc23)cc1C#N. The number of rotatable bonds is 4. The van der Waals surface area contributed by atoms with Gasteiger partial charge in [0.15, 0.2) is 0 Å². The molecule has 0 saturated heterocycles. The Labute approximate surface area is 294 Å². The molecule has 9 rings (SSSR count). The number of benzene rings is 8. The van der Waals surface area contributed by atoms with Crippen LogP contribution in [0.15, 0.2) is 158 Å². The van der Waals surface area contributed by atoms with Crippen molar-refractivity contribution in [1.82, 2.24) is 4.57 Å². The molecule has 1 aromatic heterocycles. The molecule has 0 N–H and O–H groups in total. The number of para-hydroxylation sites is 2. The van der Waals surface area contributed by atoms with Crippen molar-refractivity contribution in [2.24, 2.45) is 0 Å². The van der Waals surface area contributed by atoms with Crippen LogP contribution in [0.3, 0.4) is 0 Å². The van der Waals surface area contributed by atoms with Gasteiger partial charge >= 0.3 is 0 Å². The summed E-state index contributed by atoms with van der Waals surface area (Å²) >= 11 is 0. The van der Waals surface area contributed by atoms with E-state index in [9.17, 15) is 15.8 Å². The number of aromatic nitrogens is 1. The zero-order chi connectivity index (χ0) is 34.5. The van der Waals surface area contributed by atoms with Crippen LogP contribution in [-0.4, -0.2) is 4.57 Å². The van der Waals surface area contributed by atoms with Crippen molar-refractivity contribution < 1.29 is 0 Å². The van der Waals surface area contributed by atoms with Crippen molar-refractivity contribution in [3.8, 4) is 57.3 Å². The highest BCUT2D eigenvalue weighted by atomic mass is 15.0. The fraction of sp³-hybridized carbons (Fsp3) is 0. The van der Waals surface area contributed by atoms with Gasteiger partial charge in [0.1, 0.15) is 6.07 Å². The average Bonchev–Trinajstić information content (AvgIpc) is 3.52. The first-order valence-electron chi connectivity index (χ1n) is 16.7. The largest absolute Gasteiger partial charge is 0.307 e. The fourth-order valence-electron chi connectivity index (χ4n) is 7.76. The molecule has 51 heavy (non-hydrogen) atoms. The minimum Gasteiger partial charge on any atom is -0.307 e. The molecule has 4 nitrogen and oxygen atoms in total. The van der Waals surface area contributed by atoms with Gasteiger partial charge in [0.25, 0.3) is 0 Å². The van der Waals surface area contributed by atoms with Crippen molar-refractivity contribution in [3.63, 3.8) is 0 Å². The number of hydrogen-bond acceptors (Lipinski definition) is 3. The Morgan fingerprint density at radius 1 is 0.373 bits per heavy atom. The molecule has 0 aliphatic carbocycles. The topological polar surface area (TPSA) is 76.3 Å². The van der Waals surface area contributed by atoms with Crippen LogP contribution in [0.2, 0.25) is 0 Å². The number of hydrogen-bond donors (Lipinski definition) is 0. The highest BCUT2D eigenvalue weighted by Gasteiger charge is 2.22. The van der Waals surface area contributed by atoms with Crippen LogP contribution in [0.5, 0.6) is 0 Å². The van der Waals surface area contributed by atoms with E-state index in [0.717, 1.165) is 71.2 Å². The van der Waals surface area contributed by atoms with Gasteiger partial charge in [0.2, 0.25) is 0 Å². The summed E-state index contributed by atoms with van der Waals surface area (Å²) in [5, 5.41) is 37.3. The molecule has 1 heterocycles. The van der Waals surface area contributed by atoms with Crippen LogP contribution in [-0.2, 0) is 0 Å². The molecule has 4 heteroatoms. The molecule has 0 aliphatic heterocycles. The number of nitriles is 3. The summed E-state index contributed by atoms with van der Waals surface area (Å²) in [6, 6.07) is 60.1. The predicted molar refractivity (Wildman–Crippen MR) is 206 cm³/mol. The van der Waals surface area contributed by atoms with Gasteiger partial charge in [0.05, 0.1) is 45.5 Å². The number of fused-ring (bicyclic) bond motifs is 5. The van der Waals surface area contributed by atoms with E-state index in [2.05, 4.69) is 102 Å². The minimum atomic E-state index is 0.487. The summed E-state index contributed by atoms with van der Waals surface area (Å²) in [5.74, 6) is 0. The molecule has 0 amide bonds. The molecule has 8 aromatic carbocycles. The zero-order valence-electron chi connectivity index (χ0n) is 27.3. The molecule has 0 unspecified atom stereocenters. The molecular weight excluding hydrogens is 621 g/mol. The molecule has 0 aliphatic rings. The lowest BCUT2D eigenvalue weighted by Gasteiger charge is -2.19.